The molecule has 1 saturated carbocycles. The summed E-state index contributed by atoms with van der Waals surface area (Å²) in [6.45, 7) is 14.3. The van der Waals surface area contributed by atoms with E-state index >= 15 is 0 Å². The molecule has 2 heterocycles. The van der Waals surface area contributed by atoms with E-state index in [-0.39, 0.29) is 29.8 Å². The number of piperazine rings is 1. The van der Waals surface area contributed by atoms with Crippen LogP contribution in [0.25, 0.3) is 0 Å². The molecule has 2 aliphatic heterocycles. The lowest BCUT2D eigenvalue weighted by molar-refractivity contribution is -0.140. The van der Waals surface area contributed by atoms with Gasteiger partial charge in [-0.2, -0.15) is 0 Å². The maximum Gasteiger partial charge on any atom is 0.410 e. The molecule has 4 rings (SSSR count). The summed E-state index contributed by atoms with van der Waals surface area (Å²) in [5.41, 5.74) is 2.72. The number of hydrogen-bond acceptors (Lipinski definition) is 5. The van der Waals surface area contributed by atoms with Crippen molar-refractivity contribution in [3.8, 4) is 0 Å². The number of hydrogen-bond donors (Lipinski definition) is 0. The van der Waals surface area contributed by atoms with Gasteiger partial charge in [-0.3, -0.25) is 14.5 Å². The van der Waals surface area contributed by atoms with E-state index in [1.165, 1.54) is 12.8 Å². The van der Waals surface area contributed by atoms with Gasteiger partial charge in [0.15, 0.2) is 0 Å². The highest BCUT2D eigenvalue weighted by Crippen LogP contribution is 2.29. The summed E-state index contributed by atoms with van der Waals surface area (Å²) >= 11 is 6.55. The topological polar surface area (TPSA) is 70.2 Å². The molecular formula is C32H48ClN3O4. The summed E-state index contributed by atoms with van der Waals surface area (Å²) in [7, 11) is 0. The van der Waals surface area contributed by atoms with E-state index in [4.69, 9.17) is 16.3 Å². The van der Waals surface area contributed by atoms with Crippen LogP contribution in [-0.4, -0.2) is 76.9 Å². The number of halogens is 1. The Balaban J connectivity index is 1.32. The number of piperidine rings is 1. The number of Topliss-reactive ketones (excluding diaryl/α,β-unsaturated/α-hetero) is 1. The van der Waals surface area contributed by atoms with Gasteiger partial charge in [-0.1, -0.05) is 24.4 Å². The van der Waals surface area contributed by atoms with Gasteiger partial charge in [0.1, 0.15) is 11.4 Å². The van der Waals surface area contributed by atoms with E-state index in [9.17, 15) is 14.4 Å². The zero-order chi connectivity index (χ0) is 29.0. The second-order valence-electron chi connectivity index (χ2n) is 13.3. The zero-order valence-corrected chi connectivity index (χ0v) is 25.9. The normalized spacial score (nSPS) is 22.9. The van der Waals surface area contributed by atoms with Crippen LogP contribution in [0.5, 0.6) is 0 Å². The van der Waals surface area contributed by atoms with Crippen molar-refractivity contribution in [1.82, 2.24) is 14.7 Å². The predicted molar refractivity (Wildman–Crippen MR) is 158 cm³/mol. The molecule has 1 aliphatic carbocycles. The fraction of sp³-hybridized carbons (Fsp3) is 0.719. The van der Waals surface area contributed by atoms with Crippen LogP contribution >= 0.6 is 11.6 Å². The molecule has 1 aromatic rings. The van der Waals surface area contributed by atoms with Crippen LogP contribution in [0.2, 0.25) is 5.02 Å². The van der Waals surface area contributed by atoms with Gasteiger partial charge in [0, 0.05) is 69.1 Å². The first kappa shape index (κ1) is 30.8. The third kappa shape index (κ3) is 8.22. The molecule has 7 nitrogen and oxygen atoms in total. The van der Waals surface area contributed by atoms with Crippen LogP contribution in [0.1, 0.15) is 89.3 Å². The average molecular weight is 574 g/mol. The first-order chi connectivity index (χ1) is 18.9. The number of likely N-dealkylation sites (tertiary alicyclic amines) is 1. The van der Waals surface area contributed by atoms with Crippen LogP contribution < -0.4 is 0 Å². The number of carbonyl (C=O) groups excluding carboxylic acids is 3. The van der Waals surface area contributed by atoms with E-state index in [1.807, 2.05) is 32.9 Å². The van der Waals surface area contributed by atoms with Gasteiger partial charge in [-0.15, -0.1) is 0 Å². The number of rotatable bonds is 7. The Hall–Kier alpha value is -2.12. The van der Waals surface area contributed by atoms with Gasteiger partial charge in [0.25, 0.3) is 0 Å². The molecule has 1 aromatic carbocycles. The molecule has 2 amide bonds. The first-order valence-corrected chi connectivity index (χ1v) is 15.6. The fourth-order valence-electron chi connectivity index (χ4n) is 6.63. The number of amides is 2. The summed E-state index contributed by atoms with van der Waals surface area (Å²) in [5.74, 6) is 0.896. The summed E-state index contributed by atoms with van der Waals surface area (Å²) in [6.07, 6.45) is 6.77. The second kappa shape index (κ2) is 13.2. The molecule has 1 unspecified atom stereocenters. The summed E-state index contributed by atoms with van der Waals surface area (Å²) in [4.78, 5) is 45.0. The third-order valence-electron chi connectivity index (χ3n) is 8.76. The van der Waals surface area contributed by atoms with Crippen molar-refractivity contribution in [2.45, 2.75) is 104 Å². The fourth-order valence-corrected chi connectivity index (χ4v) is 6.89. The quantitative estimate of drug-likeness (QED) is 0.399. The molecule has 222 valence electrons. The molecule has 3 fully saturated rings. The largest absolute Gasteiger partial charge is 0.444 e. The van der Waals surface area contributed by atoms with E-state index < -0.39 is 5.60 Å². The maximum absolute atomic E-state index is 13.2. The Kier molecular flexibility index (Phi) is 10.2. The number of benzene rings is 1. The highest BCUT2D eigenvalue weighted by Gasteiger charge is 2.33. The third-order valence-corrected chi connectivity index (χ3v) is 8.97. The van der Waals surface area contributed by atoms with E-state index in [1.54, 1.807) is 4.90 Å². The molecule has 3 aliphatic rings. The van der Waals surface area contributed by atoms with E-state index in [0.29, 0.717) is 36.9 Å². The predicted octanol–water partition coefficient (Wildman–Crippen LogP) is 6.02. The number of ketones is 1. The van der Waals surface area contributed by atoms with Gasteiger partial charge in [0.05, 0.1) is 0 Å². The van der Waals surface area contributed by atoms with Crippen molar-refractivity contribution >= 4 is 29.4 Å². The first-order valence-electron chi connectivity index (χ1n) is 15.2. The van der Waals surface area contributed by atoms with E-state index in [0.717, 1.165) is 68.6 Å². The van der Waals surface area contributed by atoms with Crippen LogP contribution in [-0.2, 0) is 27.3 Å². The minimum atomic E-state index is -0.528. The van der Waals surface area contributed by atoms with Gasteiger partial charge >= 0.3 is 6.09 Å². The Bertz CT molecular complexity index is 1080. The average Bonchev–Trinajstić information content (AvgIpc) is 3.41. The Labute approximate surface area is 245 Å². The number of carbonyl (C=O) groups is 3. The van der Waals surface area contributed by atoms with Crippen LogP contribution in [0.4, 0.5) is 4.79 Å². The van der Waals surface area contributed by atoms with Crippen LogP contribution in [0.15, 0.2) is 12.1 Å². The van der Waals surface area contributed by atoms with Crippen molar-refractivity contribution in [2.24, 2.45) is 11.8 Å². The van der Waals surface area contributed by atoms with Crippen molar-refractivity contribution in [2.75, 3.05) is 32.7 Å². The van der Waals surface area contributed by atoms with Crippen LogP contribution in [0.3, 0.4) is 0 Å². The zero-order valence-electron chi connectivity index (χ0n) is 25.1. The Morgan fingerprint density at radius 1 is 0.975 bits per heavy atom. The highest BCUT2D eigenvalue weighted by atomic mass is 35.5. The summed E-state index contributed by atoms with van der Waals surface area (Å²) in [5, 5.41) is 0.653. The Morgan fingerprint density at radius 3 is 2.35 bits per heavy atom. The minimum absolute atomic E-state index is 0.150. The van der Waals surface area contributed by atoms with Gasteiger partial charge in [-0.25, -0.2) is 4.79 Å². The van der Waals surface area contributed by atoms with Gasteiger partial charge in [-0.05, 0) is 95.0 Å². The SMILES string of the molecule is Cc1c(CC(=O)CC2CCCN(C(=O)OC(C)(C)C)C2)cc(Cl)cc1CN1CCN(C(=O)C2CCCC2)[C@@H](C)C1. The van der Waals surface area contributed by atoms with Crippen molar-refractivity contribution in [3.05, 3.63) is 33.8 Å². The lowest BCUT2D eigenvalue weighted by atomic mass is 9.90. The van der Waals surface area contributed by atoms with Crippen molar-refractivity contribution < 1.29 is 19.1 Å². The Morgan fingerprint density at radius 2 is 1.68 bits per heavy atom. The smallest absolute Gasteiger partial charge is 0.410 e. The highest BCUT2D eigenvalue weighted by molar-refractivity contribution is 6.30. The summed E-state index contributed by atoms with van der Waals surface area (Å²) in [6, 6.07) is 4.14. The lowest BCUT2D eigenvalue weighted by Gasteiger charge is -2.41. The molecule has 8 heteroatoms. The molecule has 0 N–H and O–H groups in total. The summed E-state index contributed by atoms with van der Waals surface area (Å²) < 4.78 is 5.54. The number of nitrogens with zero attached hydrogens (tertiary/aromatic N) is 3. The molecular weight excluding hydrogens is 526 g/mol. The van der Waals surface area contributed by atoms with Gasteiger partial charge in [0.2, 0.25) is 5.91 Å². The molecule has 0 spiro atoms. The molecule has 2 saturated heterocycles. The van der Waals surface area contributed by atoms with Crippen LogP contribution in [0, 0.1) is 18.8 Å². The van der Waals surface area contributed by atoms with E-state index in [2.05, 4.69) is 23.6 Å². The molecule has 2 atom stereocenters. The maximum atomic E-state index is 13.2. The van der Waals surface area contributed by atoms with Crippen molar-refractivity contribution in [3.63, 3.8) is 0 Å². The van der Waals surface area contributed by atoms with Crippen molar-refractivity contribution in [1.29, 1.82) is 0 Å². The number of ether oxygens (including phenoxy) is 1. The molecule has 0 bridgehead atoms. The molecule has 40 heavy (non-hydrogen) atoms. The molecule has 0 aromatic heterocycles. The van der Waals surface area contributed by atoms with Gasteiger partial charge < -0.3 is 14.5 Å². The molecule has 0 radical (unpaired) electrons. The monoisotopic (exact) mass is 573 g/mol. The second-order valence-corrected chi connectivity index (χ2v) is 13.7. The minimum Gasteiger partial charge on any atom is -0.444 e. The lowest BCUT2D eigenvalue weighted by Crippen LogP contribution is -2.54. The standard InChI is InChI=1S/C32H48ClN3O4/c1-22-19-34(13-14-36(22)30(38)25-10-6-7-11-25)21-27-17-28(33)16-26(23(27)2)18-29(37)15-24-9-8-12-35(20-24)31(39)40-32(3,4)5/h16-17,22,24-25H,6-15,18-21H2,1-5H3/t22-,24?/m0/s1.